The second-order valence-electron chi connectivity index (χ2n) is 5.73. The Morgan fingerprint density at radius 2 is 1.89 bits per heavy atom. The maximum absolute atomic E-state index is 4.56. The second kappa shape index (κ2) is 5.27. The van der Waals surface area contributed by atoms with E-state index in [-0.39, 0.29) is 11.6 Å². The molecule has 102 valence electrons. The molecule has 1 aromatic heterocycles. The largest absolute Gasteiger partial charge is 0.311 e. The van der Waals surface area contributed by atoms with Crippen LogP contribution in [0.4, 0.5) is 0 Å². The minimum absolute atomic E-state index is 0.0128. The third-order valence-corrected chi connectivity index (χ3v) is 4.09. The van der Waals surface area contributed by atoms with Crippen molar-refractivity contribution in [2.75, 3.05) is 21.1 Å². The van der Waals surface area contributed by atoms with Gasteiger partial charge >= 0.3 is 0 Å². The highest BCUT2D eigenvalue weighted by molar-refractivity contribution is 5.78. The predicted molar refractivity (Wildman–Crippen MR) is 81.3 cm³/mol. The highest BCUT2D eigenvalue weighted by atomic mass is 15.2. The van der Waals surface area contributed by atoms with Crippen LogP contribution in [0.2, 0.25) is 0 Å². The van der Waals surface area contributed by atoms with Gasteiger partial charge in [-0.3, -0.25) is 4.98 Å². The summed E-state index contributed by atoms with van der Waals surface area (Å²) in [4.78, 5) is 6.80. The first-order valence-corrected chi connectivity index (χ1v) is 6.66. The summed E-state index contributed by atoms with van der Waals surface area (Å²) in [6, 6.07) is 10.7. The lowest BCUT2D eigenvalue weighted by Gasteiger charge is -2.40. The Labute approximate surface area is 115 Å². The van der Waals surface area contributed by atoms with Crippen LogP contribution in [-0.2, 0) is 0 Å². The van der Waals surface area contributed by atoms with Crippen molar-refractivity contribution in [1.82, 2.24) is 15.2 Å². The Hall–Kier alpha value is -1.45. The number of nitrogens with zero attached hydrogens (tertiary/aromatic N) is 2. The van der Waals surface area contributed by atoms with E-state index in [9.17, 15) is 0 Å². The van der Waals surface area contributed by atoms with Gasteiger partial charge in [-0.2, -0.15) is 0 Å². The summed E-state index contributed by atoms with van der Waals surface area (Å²) in [5, 5.41) is 4.61. The Balaban J connectivity index is 2.46. The first-order valence-electron chi connectivity index (χ1n) is 6.66. The Morgan fingerprint density at radius 1 is 1.21 bits per heavy atom. The van der Waals surface area contributed by atoms with Crippen LogP contribution in [0.5, 0.6) is 0 Å². The summed E-state index contributed by atoms with van der Waals surface area (Å²) in [5.74, 6) is 0. The SMILES string of the molecule is CNC(c1cnc2ccccc2c1)C(C)(C)N(C)C. The third-order valence-electron chi connectivity index (χ3n) is 4.09. The fourth-order valence-corrected chi connectivity index (χ4v) is 2.43. The zero-order valence-electron chi connectivity index (χ0n) is 12.4. The molecule has 0 amide bonds. The maximum Gasteiger partial charge on any atom is 0.0702 e. The van der Waals surface area contributed by atoms with Crippen molar-refractivity contribution in [2.45, 2.75) is 25.4 Å². The van der Waals surface area contributed by atoms with Gasteiger partial charge in [0.1, 0.15) is 0 Å². The third kappa shape index (κ3) is 2.62. The first kappa shape index (κ1) is 14.0. The highest BCUT2D eigenvalue weighted by Crippen LogP contribution is 2.30. The molecule has 3 nitrogen and oxygen atoms in total. The van der Waals surface area contributed by atoms with Gasteiger partial charge in [-0.1, -0.05) is 18.2 Å². The van der Waals surface area contributed by atoms with Gasteiger partial charge in [-0.25, -0.2) is 0 Å². The standard InChI is InChI=1S/C16H23N3/c1-16(2,19(4)5)15(17-3)13-10-12-8-6-7-9-14(12)18-11-13/h6-11,15,17H,1-5H3. The van der Waals surface area contributed by atoms with Crippen LogP contribution in [0, 0.1) is 0 Å². The topological polar surface area (TPSA) is 28.2 Å². The van der Waals surface area contributed by atoms with Gasteiger partial charge in [0.25, 0.3) is 0 Å². The molecule has 0 bridgehead atoms. The number of fused-ring (bicyclic) bond motifs is 1. The Kier molecular flexibility index (Phi) is 3.88. The molecule has 3 heteroatoms. The van der Waals surface area contributed by atoms with Gasteiger partial charge in [0, 0.05) is 17.1 Å². The fraction of sp³-hybridized carbons (Fsp3) is 0.438. The van der Waals surface area contributed by atoms with Crippen LogP contribution in [0.3, 0.4) is 0 Å². The summed E-state index contributed by atoms with van der Waals surface area (Å²) >= 11 is 0. The van der Waals surface area contributed by atoms with Crippen molar-refractivity contribution in [3.05, 3.63) is 42.1 Å². The molecule has 1 aromatic carbocycles. The molecule has 0 saturated heterocycles. The van der Waals surface area contributed by atoms with Crippen LogP contribution in [0.1, 0.15) is 25.5 Å². The molecular formula is C16H23N3. The molecule has 0 radical (unpaired) electrons. The van der Waals surface area contributed by atoms with E-state index in [0.29, 0.717) is 0 Å². The van der Waals surface area contributed by atoms with Crippen molar-refractivity contribution >= 4 is 10.9 Å². The minimum Gasteiger partial charge on any atom is -0.311 e. The summed E-state index contributed by atoms with van der Waals surface area (Å²) in [5.41, 5.74) is 2.28. The number of rotatable bonds is 4. The summed E-state index contributed by atoms with van der Waals surface area (Å²) in [6.07, 6.45) is 1.98. The molecule has 2 aromatic rings. The van der Waals surface area contributed by atoms with Crippen LogP contribution >= 0.6 is 0 Å². The van der Waals surface area contributed by atoms with E-state index in [2.05, 4.69) is 61.3 Å². The molecule has 19 heavy (non-hydrogen) atoms. The van der Waals surface area contributed by atoms with Crippen molar-refractivity contribution in [3.8, 4) is 0 Å². The molecule has 1 N–H and O–H groups in total. The Bertz CT molecular complexity index is 561. The van der Waals surface area contributed by atoms with Gasteiger partial charge in [0.15, 0.2) is 0 Å². The van der Waals surface area contributed by atoms with Crippen LogP contribution in [0.15, 0.2) is 36.5 Å². The number of para-hydroxylation sites is 1. The van der Waals surface area contributed by atoms with Gasteiger partial charge in [-0.15, -0.1) is 0 Å². The summed E-state index contributed by atoms with van der Waals surface area (Å²) < 4.78 is 0. The van der Waals surface area contributed by atoms with Crippen molar-refractivity contribution in [1.29, 1.82) is 0 Å². The number of hydrogen-bond donors (Lipinski definition) is 1. The number of aromatic nitrogens is 1. The maximum atomic E-state index is 4.56. The van der Waals surface area contributed by atoms with E-state index in [1.165, 1.54) is 10.9 Å². The molecule has 0 fully saturated rings. The smallest absolute Gasteiger partial charge is 0.0702 e. The highest BCUT2D eigenvalue weighted by Gasteiger charge is 2.31. The molecular weight excluding hydrogens is 234 g/mol. The van der Waals surface area contributed by atoms with E-state index in [1.54, 1.807) is 0 Å². The minimum atomic E-state index is 0.0128. The lowest BCUT2D eigenvalue weighted by molar-refractivity contribution is 0.142. The lowest BCUT2D eigenvalue weighted by Crippen LogP contribution is -2.48. The summed E-state index contributed by atoms with van der Waals surface area (Å²) in [7, 11) is 6.22. The fourth-order valence-electron chi connectivity index (χ4n) is 2.43. The first-order chi connectivity index (χ1) is 8.96. The van der Waals surface area contributed by atoms with E-state index in [0.717, 1.165) is 5.52 Å². The molecule has 0 aliphatic carbocycles. The second-order valence-corrected chi connectivity index (χ2v) is 5.73. The van der Waals surface area contributed by atoms with E-state index >= 15 is 0 Å². The monoisotopic (exact) mass is 257 g/mol. The van der Waals surface area contributed by atoms with Crippen LogP contribution in [-0.4, -0.2) is 36.6 Å². The van der Waals surface area contributed by atoms with Crippen LogP contribution < -0.4 is 5.32 Å². The molecule has 1 heterocycles. The molecule has 1 unspecified atom stereocenters. The molecule has 1 atom stereocenters. The van der Waals surface area contributed by atoms with Crippen molar-refractivity contribution < 1.29 is 0 Å². The van der Waals surface area contributed by atoms with E-state index < -0.39 is 0 Å². The molecule has 2 rings (SSSR count). The number of benzene rings is 1. The zero-order valence-corrected chi connectivity index (χ0v) is 12.4. The van der Waals surface area contributed by atoms with E-state index in [1.807, 2.05) is 25.4 Å². The van der Waals surface area contributed by atoms with Crippen molar-refractivity contribution in [2.24, 2.45) is 0 Å². The Morgan fingerprint density at radius 3 is 2.53 bits per heavy atom. The summed E-state index contributed by atoms with van der Waals surface area (Å²) in [6.45, 7) is 4.48. The van der Waals surface area contributed by atoms with Crippen LogP contribution in [0.25, 0.3) is 10.9 Å². The zero-order chi connectivity index (χ0) is 14.0. The number of nitrogens with one attached hydrogen (secondary N) is 1. The van der Waals surface area contributed by atoms with Crippen molar-refractivity contribution in [3.63, 3.8) is 0 Å². The normalized spacial score (nSPS) is 14.0. The molecule has 0 spiro atoms. The molecule has 0 aliphatic heterocycles. The lowest BCUT2D eigenvalue weighted by atomic mass is 9.88. The number of likely N-dealkylation sites (N-methyl/N-ethyl adjacent to an activating group) is 2. The number of pyridine rings is 1. The van der Waals surface area contributed by atoms with Gasteiger partial charge < -0.3 is 10.2 Å². The number of hydrogen-bond acceptors (Lipinski definition) is 3. The van der Waals surface area contributed by atoms with Gasteiger partial charge in [0.05, 0.1) is 11.6 Å². The average Bonchev–Trinajstić information content (AvgIpc) is 2.39. The quantitative estimate of drug-likeness (QED) is 0.913. The predicted octanol–water partition coefficient (Wildman–Crippen LogP) is 2.84. The van der Waals surface area contributed by atoms with E-state index in [4.69, 9.17) is 0 Å². The molecule has 0 saturated carbocycles. The average molecular weight is 257 g/mol. The van der Waals surface area contributed by atoms with Gasteiger partial charge in [-0.05, 0) is 52.7 Å². The van der Waals surface area contributed by atoms with Gasteiger partial charge in [0.2, 0.25) is 0 Å². The molecule has 0 aliphatic rings.